The van der Waals surface area contributed by atoms with E-state index in [2.05, 4.69) is 25.9 Å². The van der Waals surface area contributed by atoms with Crippen LogP contribution in [0.25, 0.3) is 15.9 Å². The lowest BCUT2D eigenvalue weighted by Gasteiger charge is -2.27. The number of thiazole rings is 1. The van der Waals surface area contributed by atoms with E-state index in [4.69, 9.17) is 10.8 Å². The summed E-state index contributed by atoms with van der Waals surface area (Å²) < 4.78 is 2.61. The van der Waals surface area contributed by atoms with Gasteiger partial charge in [0.05, 0.1) is 27.6 Å². The molecule has 1 saturated carbocycles. The summed E-state index contributed by atoms with van der Waals surface area (Å²) >= 11 is 1.53. The van der Waals surface area contributed by atoms with Crippen molar-refractivity contribution in [3.05, 3.63) is 72.0 Å². The maximum atomic E-state index is 13.3. The first-order valence-electron chi connectivity index (χ1n) is 12.0. The average Bonchev–Trinajstić information content (AvgIpc) is 3.53. The fourth-order valence-corrected chi connectivity index (χ4v) is 5.28. The van der Waals surface area contributed by atoms with E-state index in [9.17, 15) is 4.79 Å². The van der Waals surface area contributed by atoms with Gasteiger partial charge in [0.1, 0.15) is 5.82 Å². The van der Waals surface area contributed by atoms with E-state index in [1.165, 1.54) is 11.3 Å². The molecule has 5 N–H and O–H groups in total. The second-order valence-corrected chi connectivity index (χ2v) is 9.94. The molecule has 1 aliphatic rings. The van der Waals surface area contributed by atoms with Crippen LogP contribution in [0, 0.1) is 0 Å². The number of nitrogens with two attached hydrogens (primary N) is 1. The van der Waals surface area contributed by atoms with E-state index < -0.39 is 0 Å². The smallest absolute Gasteiger partial charge is 0.276 e. The van der Waals surface area contributed by atoms with Gasteiger partial charge in [-0.1, -0.05) is 18.2 Å². The topological polar surface area (TPSA) is 122 Å². The second kappa shape index (κ2) is 9.56. The Labute approximate surface area is 211 Å². The summed E-state index contributed by atoms with van der Waals surface area (Å²) in [5, 5.41) is 14.7. The highest BCUT2D eigenvalue weighted by Gasteiger charge is 2.21. The number of nitrogens with zero attached hydrogens (tertiary/aromatic N) is 4. The number of para-hydroxylation sites is 1. The molecule has 1 amide bonds. The fraction of sp³-hybridized carbons (Fsp3) is 0.231. The molecule has 0 bridgehead atoms. The molecule has 0 aliphatic heterocycles. The molecule has 0 atom stereocenters. The normalized spacial score (nSPS) is 17.8. The van der Waals surface area contributed by atoms with Crippen molar-refractivity contribution in [2.45, 2.75) is 37.8 Å². The summed E-state index contributed by atoms with van der Waals surface area (Å²) in [4.78, 5) is 22.1. The van der Waals surface area contributed by atoms with E-state index in [-0.39, 0.29) is 18.0 Å². The Morgan fingerprint density at radius 3 is 2.67 bits per heavy atom. The summed E-state index contributed by atoms with van der Waals surface area (Å²) in [6, 6.07) is 18.0. The predicted octanol–water partition coefficient (Wildman–Crippen LogP) is 5.02. The first kappa shape index (κ1) is 22.4. The first-order valence-corrected chi connectivity index (χ1v) is 12.9. The van der Waals surface area contributed by atoms with Crippen LogP contribution in [0.4, 0.5) is 22.9 Å². The van der Waals surface area contributed by atoms with Gasteiger partial charge in [-0.05, 0) is 56.0 Å². The van der Waals surface area contributed by atoms with Crippen molar-refractivity contribution >= 4 is 56.0 Å². The Kier molecular flexibility index (Phi) is 5.96. The molecule has 0 radical (unpaired) electrons. The maximum Gasteiger partial charge on any atom is 0.276 e. The minimum atomic E-state index is -0.287. The number of imidazole rings is 1. The van der Waals surface area contributed by atoms with Crippen molar-refractivity contribution in [3.8, 4) is 0 Å². The summed E-state index contributed by atoms with van der Waals surface area (Å²) in [6.07, 6.45) is 5.50. The number of hydrogen-bond donors (Lipinski definition) is 4. The Bertz CT molecular complexity index is 1520. The highest BCUT2D eigenvalue weighted by atomic mass is 32.1. The number of aromatic nitrogens is 4. The zero-order chi connectivity index (χ0) is 24.5. The molecule has 0 spiro atoms. The van der Waals surface area contributed by atoms with Crippen molar-refractivity contribution < 1.29 is 4.79 Å². The third-order valence-electron chi connectivity index (χ3n) is 6.47. The number of carbonyl (C=O) groups is 1. The van der Waals surface area contributed by atoms with Crippen molar-refractivity contribution in [3.63, 3.8) is 0 Å². The van der Waals surface area contributed by atoms with Gasteiger partial charge in [-0.2, -0.15) is 0 Å². The van der Waals surface area contributed by atoms with E-state index in [1.54, 1.807) is 16.2 Å². The lowest BCUT2D eigenvalue weighted by molar-refractivity contribution is 0.102. The molecule has 0 unspecified atom stereocenters. The molecule has 1 fully saturated rings. The van der Waals surface area contributed by atoms with Gasteiger partial charge in [0.15, 0.2) is 11.3 Å². The molecular weight excluding hydrogens is 472 g/mol. The van der Waals surface area contributed by atoms with Crippen LogP contribution in [0.1, 0.15) is 36.2 Å². The van der Waals surface area contributed by atoms with Gasteiger partial charge in [0.25, 0.3) is 5.91 Å². The number of benzene rings is 2. The highest BCUT2D eigenvalue weighted by molar-refractivity contribution is 7.16. The summed E-state index contributed by atoms with van der Waals surface area (Å²) in [6.45, 7) is 0. The third-order valence-corrected chi connectivity index (χ3v) is 7.26. The van der Waals surface area contributed by atoms with Crippen LogP contribution >= 0.6 is 11.3 Å². The van der Waals surface area contributed by atoms with Crippen LogP contribution in [-0.4, -0.2) is 37.6 Å². The lowest BCUT2D eigenvalue weighted by atomic mass is 9.92. The number of rotatable bonds is 6. The van der Waals surface area contributed by atoms with Gasteiger partial charge >= 0.3 is 0 Å². The van der Waals surface area contributed by atoms with Gasteiger partial charge in [0, 0.05) is 29.5 Å². The molecule has 3 heterocycles. The molecule has 3 aromatic heterocycles. The van der Waals surface area contributed by atoms with Crippen molar-refractivity contribution in [1.29, 1.82) is 0 Å². The van der Waals surface area contributed by atoms with Crippen LogP contribution in [-0.2, 0) is 0 Å². The minimum absolute atomic E-state index is 0.266. The molecule has 10 heteroatoms. The van der Waals surface area contributed by atoms with Gasteiger partial charge in [-0.25, -0.2) is 14.5 Å². The Morgan fingerprint density at radius 2 is 1.83 bits per heavy atom. The van der Waals surface area contributed by atoms with Crippen LogP contribution < -0.4 is 21.7 Å². The molecule has 1 aliphatic carbocycles. The molecule has 9 nitrogen and oxygen atoms in total. The number of hydrogen-bond acceptors (Lipinski definition) is 8. The SMILES string of the molecule is NC1CCC(Nc2cc(Nc3ccccc3)c3ncc(C(=O)Nc4ccc5ncsc5c4)n3n2)CC1. The zero-order valence-corrected chi connectivity index (χ0v) is 20.3. The number of anilines is 4. The third kappa shape index (κ3) is 4.60. The average molecular weight is 499 g/mol. The minimum Gasteiger partial charge on any atom is -0.366 e. The van der Waals surface area contributed by atoms with Crippen molar-refractivity contribution in [2.75, 3.05) is 16.0 Å². The largest absolute Gasteiger partial charge is 0.366 e. The van der Waals surface area contributed by atoms with E-state index in [0.29, 0.717) is 22.8 Å². The quantitative estimate of drug-likeness (QED) is 0.259. The maximum absolute atomic E-state index is 13.3. The zero-order valence-electron chi connectivity index (χ0n) is 19.5. The Morgan fingerprint density at radius 1 is 1.00 bits per heavy atom. The van der Waals surface area contributed by atoms with Gasteiger partial charge in [-0.15, -0.1) is 16.4 Å². The van der Waals surface area contributed by atoms with Crippen LogP contribution in [0.3, 0.4) is 0 Å². The van der Waals surface area contributed by atoms with Gasteiger partial charge in [0.2, 0.25) is 0 Å². The first-order chi connectivity index (χ1) is 17.6. The van der Waals surface area contributed by atoms with Crippen LogP contribution in [0.2, 0.25) is 0 Å². The summed E-state index contributed by atoms with van der Waals surface area (Å²) in [5.41, 5.74) is 12.1. The molecular formula is C26H26N8OS. The molecule has 36 heavy (non-hydrogen) atoms. The number of carbonyl (C=O) groups excluding carboxylic acids is 1. The summed E-state index contributed by atoms with van der Waals surface area (Å²) in [5.74, 6) is 0.393. The number of fused-ring (bicyclic) bond motifs is 2. The molecule has 6 rings (SSSR count). The van der Waals surface area contributed by atoms with Crippen molar-refractivity contribution in [1.82, 2.24) is 19.6 Å². The Balaban J connectivity index is 1.34. The predicted molar refractivity (Wildman–Crippen MR) is 144 cm³/mol. The van der Waals surface area contributed by atoms with Crippen LogP contribution in [0.15, 0.2) is 66.3 Å². The van der Waals surface area contributed by atoms with E-state index in [1.807, 2.05) is 54.6 Å². The summed E-state index contributed by atoms with van der Waals surface area (Å²) in [7, 11) is 0. The van der Waals surface area contributed by atoms with Crippen molar-refractivity contribution in [2.24, 2.45) is 5.73 Å². The molecule has 2 aromatic carbocycles. The number of amides is 1. The molecule has 5 aromatic rings. The molecule has 0 saturated heterocycles. The second-order valence-electron chi connectivity index (χ2n) is 9.06. The Hall–Kier alpha value is -4.02. The van der Waals surface area contributed by atoms with E-state index in [0.717, 1.165) is 47.3 Å². The monoisotopic (exact) mass is 498 g/mol. The fourth-order valence-electron chi connectivity index (χ4n) is 4.56. The van der Waals surface area contributed by atoms with Gasteiger partial charge < -0.3 is 21.7 Å². The van der Waals surface area contributed by atoms with E-state index >= 15 is 0 Å². The lowest BCUT2D eigenvalue weighted by Crippen LogP contribution is -2.33. The molecule has 182 valence electrons. The standard InChI is InChI=1S/C26H26N8OS/c27-16-6-8-18(9-7-16)31-24-13-21(30-17-4-2-1-3-5-17)25-28-14-22(34(25)33-24)26(35)32-19-10-11-20-23(12-19)36-15-29-20/h1-5,10-16,18,30H,6-9,27H2,(H,31,33)(H,32,35). The van der Waals surface area contributed by atoms with Gasteiger partial charge in [-0.3, -0.25) is 4.79 Å². The highest BCUT2D eigenvalue weighted by Crippen LogP contribution is 2.27. The van der Waals surface area contributed by atoms with Crippen LogP contribution in [0.5, 0.6) is 0 Å². The number of nitrogens with one attached hydrogen (secondary N) is 3.